The molecule has 2 fully saturated rings. The number of rotatable bonds is 4. The van der Waals surface area contributed by atoms with Crippen molar-refractivity contribution in [3.8, 4) is 0 Å². The summed E-state index contributed by atoms with van der Waals surface area (Å²) in [6, 6.07) is 7.98. The first-order valence-electron chi connectivity index (χ1n) is 8.02. The van der Waals surface area contributed by atoms with Crippen LogP contribution >= 0.6 is 0 Å². The molecular weight excluding hydrogens is 314 g/mol. The van der Waals surface area contributed by atoms with E-state index in [1.807, 2.05) is 0 Å². The zero-order chi connectivity index (χ0) is 16.4. The minimum atomic E-state index is -3.75. The van der Waals surface area contributed by atoms with E-state index in [4.69, 9.17) is 0 Å². The Morgan fingerprint density at radius 2 is 1.74 bits per heavy atom. The summed E-state index contributed by atoms with van der Waals surface area (Å²) in [7, 11) is -1.67. The van der Waals surface area contributed by atoms with Crippen molar-refractivity contribution in [1.82, 2.24) is 14.1 Å². The van der Waals surface area contributed by atoms with Gasteiger partial charge in [0.1, 0.15) is 0 Å². The predicted octanol–water partition coefficient (Wildman–Crippen LogP) is 0.614. The average molecular weight is 337 g/mol. The average Bonchev–Trinajstić information content (AvgIpc) is 2.92. The van der Waals surface area contributed by atoms with E-state index in [0.29, 0.717) is 19.4 Å². The van der Waals surface area contributed by atoms with Gasteiger partial charge in [-0.1, -0.05) is 18.2 Å². The topological polar surface area (TPSA) is 60.9 Å². The van der Waals surface area contributed by atoms with E-state index in [1.54, 1.807) is 30.3 Å². The van der Waals surface area contributed by atoms with Crippen LogP contribution in [0.2, 0.25) is 0 Å². The van der Waals surface area contributed by atoms with Crippen molar-refractivity contribution in [2.45, 2.75) is 23.8 Å². The van der Waals surface area contributed by atoms with Gasteiger partial charge in [0.15, 0.2) is 0 Å². The van der Waals surface area contributed by atoms with Crippen molar-refractivity contribution in [1.29, 1.82) is 0 Å². The highest BCUT2D eigenvalue weighted by molar-refractivity contribution is 7.89. The Balaban J connectivity index is 1.77. The minimum absolute atomic E-state index is 0.193. The maximum atomic E-state index is 12.8. The lowest BCUT2D eigenvalue weighted by molar-refractivity contribution is -0.124. The van der Waals surface area contributed by atoms with Gasteiger partial charge in [0.05, 0.1) is 10.9 Å². The lowest BCUT2D eigenvalue weighted by atomic mass is 10.2. The molecule has 6 nitrogen and oxygen atoms in total. The van der Waals surface area contributed by atoms with E-state index in [1.165, 1.54) is 0 Å². The first-order valence-corrected chi connectivity index (χ1v) is 9.46. The second kappa shape index (κ2) is 6.59. The fourth-order valence-electron chi connectivity index (χ4n) is 3.25. The summed E-state index contributed by atoms with van der Waals surface area (Å²) < 4.78 is 26.8. The largest absolute Gasteiger partial charge is 0.304 e. The molecule has 0 aliphatic carbocycles. The first kappa shape index (κ1) is 16.4. The molecule has 0 spiro atoms. The Bertz CT molecular complexity index is 654. The van der Waals surface area contributed by atoms with Gasteiger partial charge in [0.2, 0.25) is 5.91 Å². The van der Waals surface area contributed by atoms with Crippen molar-refractivity contribution < 1.29 is 13.2 Å². The van der Waals surface area contributed by atoms with Gasteiger partial charge in [0, 0.05) is 39.1 Å². The third-order valence-electron chi connectivity index (χ3n) is 4.63. The number of benzene rings is 1. The lowest BCUT2D eigenvalue weighted by Gasteiger charge is -2.35. The molecule has 23 heavy (non-hydrogen) atoms. The highest BCUT2D eigenvalue weighted by atomic mass is 32.2. The Morgan fingerprint density at radius 3 is 2.39 bits per heavy atom. The molecule has 1 amide bonds. The molecule has 0 unspecified atom stereocenters. The van der Waals surface area contributed by atoms with Crippen LogP contribution in [-0.2, 0) is 14.8 Å². The number of piperazine rings is 1. The molecule has 0 N–H and O–H groups in total. The van der Waals surface area contributed by atoms with E-state index < -0.39 is 10.0 Å². The summed E-state index contributed by atoms with van der Waals surface area (Å²) in [5.74, 6) is -0.284. The highest BCUT2D eigenvalue weighted by Crippen LogP contribution is 2.27. The quantitative estimate of drug-likeness (QED) is 0.806. The van der Waals surface area contributed by atoms with E-state index in [2.05, 4.69) is 16.8 Å². The Labute approximate surface area is 137 Å². The van der Waals surface area contributed by atoms with Crippen molar-refractivity contribution in [3.63, 3.8) is 0 Å². The third-order valence-corrected chi connectivity index (χ3v) is 6.52. The van der Waals surface area contributed by atoms with Crippen molar-refractivity contribution in [2.24, 2.45) is 0 Å². The smallest absolute Gasteiger partial charge is 0.266 e. The summed E-state index contributed by atoms with van der Waals surface area (Å²) in [5.41, 5.74) is 0. The Kier molecular flexibility index (Phi) is 4.70. The molecule has 0 bridgehead atoms. The molecule has 2 saturated heterocycles. The number of hydrogen-bond donors (Lipinski definition) is 0. The number of carbonyl (C=O) groups is 1. The van der Waals surface area contributed by atoms with Gasteiger partial charge in [-0.3, -0.25) is 9.69 Å². The zero-order valence-electron chi connectivity index (χ0n) is 13.4. The molecule has 0 aromatic heterocycles. The highest BCUT2D eigenvalue weighted by Gasteiger charge is 2.41. The van der Waals surface area contributed by atoms with Crippen molar-refractivity contribution in [3.05, 3.63) is 30.3 Å². The minimum Gasteiger partial charge on any atom is -0.304 e. The number of sulfonamides is 1. The number of carbonyl (C=O) groups excluding carboxylic acids is 1. The zero-order valence-corrected chi connectivity index (χ0v) is 14.2. The molecule has 0 saturated carbocycles. The number of amides is 1. The van der Waals surface area contributed by atoms with Crippen LogP contribution in [0.1, 0.15) is 12.8 Å². The second-order valence-corrected chi connectivity index (χ2v) is 8.12. The fourth-order valence-corrected chi connectivity index (χ4v) is 4.90. The van der Waals surface area contributed by atoms with Crippen LogP contribution in [0, 0.1) is 0 Å². The van der Waals surface area contributed by atoms with Crippen LogP contribution in [0.15, 0.2) is 35.2 Å². The first-order chi connectivity index (χ1) is 11.0. The van der Waals surface area contributed by atoms with Gasteiger partial charge in [0.25, 0.3) is 10.0 Å². The van der Waals surface area contributed by atoms with Crippen LogP contribution in [-0.4, -0.2) is 74.2 Å². The molecule has 1 aromatic rings. The molecule has 2 heterocycles. The maximum Gasteiger partial charge on any atom is 0.266 e. The Morgan fingerprint density at radius 1 is 1.09 bits per heavy atom. The summed E-state index contributed by atoms with van der Waals surface area (Å²) >= 11 is 0. The number of hydrogen-bond acceptors (Lipinski definition) is 5. The summed E-state index contributed by atoms with van der Waals surface area (Å²) in [6.45, 7) is 4.42. The monoisotopic (exact) mass is 337 g/mol. The lowest BCUT2D eigenvalue weighted by Crippen LogP contribution is -2.50. The van der Waals surface area contributed by atoms with Crippen LogP contribution in [0.25, 0.3) is 0 Å². The van der Waals surface area contributed by atoms with Gasteiger partial charge in [-0.25, -0.2) is 12.7 Å². The van der Waals surface area contributed by atoms with Gasteiger partial charge in [-0.2, -0.15) is 0 Å². The molecule has 2 aliphatic rings. The molecule has 3 rings (SSSR count). The summed E-state index contributed by atoms with van der Waals surface area (Å²) in [6.07, 6.45) is 0.918. The van der Waals surface area contributed by atoms with E-state index in [-0.39, 0.29) is 16.8 Å². The number of nitrogens with zero attached hydrogens (tertiary/aromatic N) is 3. The fraction of sp³-hybridized carbons (Fsp3) is 0.562. The molecule has 126 valence electrons. The maximum absolute atomic E-state index is 12.8. The standard InChI is InChI=1S/C16H23N3O3S/c1-17-9-11-18(12-10-17)13-14-7-8-16(20)19(14)23(21,22)15-5-3-2-4-6-15/h2-6,14H,7-13H2,1H3/t14-/m0/s1. The summed E-state index contributed by atoms with van der Waals surface area (Å²) in [4.78, 5) is 16.9. The van der Waals surface area contributed by atoms with E-state index >= 15 is 0 Å². The van der Waals surface area contributed by atoms with Gasteiger partial charge in [-0.05, 0) is 25.6 Å². The van der Waals surface area contributed by atoms with Gasteiger partial charge >= 0.3 is 0 Å². The van der Waals surface area contributed by atoms with Crippen molar-refractivity contribution in [2.75, 3.05) is 39.8 Å². The second-order valence-electron chi connectivity index (χ2n) is 6.30. The molecule has 1 aromatic carbocycles. The molecule has 2 aliphatic heterocycles. The summed E-state index contributed by atoms with van der Waals surface area (Å²) in [5, 5.41) is 0. The van der Waals surface area contributed by atoms with E-state index in [0.717, 1.165) is 30.5 Å². The predicted molar refractivity (Wildman–Crippen MR) is 87.4 cm³/mol. The Hall–Kier alpha value is -1.44. The van der Waals surface area contributed by atoms with Crippen LogP contribution < -0.4 is 0 Å². The van der Waals surface area contributed by atoms with Crippen LogP contribution in [0.3, 0.4) is 0 Å². The van der Waals surface area contributed by atoms with Crippen LogP contribution in [0.5, 0.6) is 0 Å². The van der Waals surface area contributed by atoms with E-state index in [9.17, 15) is 13.2 Å². The third kappa shape index (κ3) is 3.41. The number of likely N-dealkylation sites (N-methyl/N-ethyl adjacent to an activating group) is 1. The molecular formula is C16H23N3O3S. The SMILES string of the molecule is CN1CCN(C[C@@H]2CCC(=O)N2S(=O)(=O)c2ccccc2)CC1. The van der Waals surface area contributed by atoms with Crippen LogP contribution in [0.4, 0.5) is 0 Å². The van der Waals surface area contributed by atoms with Crippen molar-refractivity contribution >= 4 is 15.9 Å². The normalized spacial score (nSPS) is 24.3. The van der Waals surface area contributed by atoms with Gasteiger partial charge in [-0.15, -0.1) is 0 Å². The van der Waals surface area contributed by atoms with Gasteiger partial charge < -0.3 is 4.90 Å². The molecule has 1 atom stereocenters. The molecule has 7 heteroatoms. The molecule has 0 radical (unpaired) electrons.